The van der Waals surface area contributed by atoms with Crippen molar-refractivity contribution in [3.63, 3.8) is 0 Å². The molecule has 0 aliphatic carbocycles. The molecule has 0 bridgehead atoms. The van der Waals surface area contributed by atoms with Crippen LogP contribution in [0.5, 0.6) is 0 Å². The van der Waals surface area contributed by atoms with Gasteiger partial charge in [0.25, 0.3) is 0 Å². The normalized spacial score (nSPS) is 13.3. The molecule has 1 aromatic rings. The van der Waals surface area contributed by atoms with Crippen molar-refractivity contribution in [1.29, 1.82) is 0 Å². The topological polar surface area (TPSA) is 77.2 Å². The zero-order chi connectivity index (χ0) is 15.3. The van der Waals surface area contributed by atoms with Crippen molar-refractivity contribution in [3.8, 4) is 0 Å². The van der Waals surface area contributed by atoms with Gasteiger partial charge in [-0.25, -0.2) is 4.79 Å². The second kappa shape index (κ2) is 6.72. The molecule has 0 aliphatic rings. The lowest BCUT2D eigenvalue weighted by atomic mass is 10.1. The number of nitrogens with one attached hydrogen (secondary N) is 1. The van der Waals surface area contributed by atoms with Crippen molar-refractivity contribution < 1.29 is 14.1 Å². The van der Waals surface area contributed by atoms with E-state index in [9.17, 15) is 4.79 Å². The van der Waals surface area contributed by atoms with Crippen LogP contribution in [0.3, 0.4) is 0 Å². The third kappa shape index (κ3) is 5.59. The predicted octanol–water partition coefficient (Wildman–Crippen LogP) is 3.24. The predicted molar refractivity (Wildman–Crippen MR) is 75.2 cm³/mol. The summed E-state index contributed by atoms with van der Waals surface area (Å²) in [6.07, 6.45) is 0.933. The molecule has 0 unspecified atom stereocenters. The van der Waals surface area contributed by atoms with Crippen LogP contribution in [-0.2, 0) is 11.2 Å². The lowest BCUT2D eigenvalue weighted by Gasteiger charge is -2.21. The zero-order valence-corrected chi connectivity index (χ0v) is 13.2. The quantitative estimate of drug-likeness (QED) is 0.897. The van der Waals surface area contributed by atoms with E-state index in [2.05, 4.69) is 29.3 Å². The SMILES string of the molecule is CC[C@H](NC(=O)OC(C)(C)C)c1nc(CC(C)C)no1. The first-order valence-corrected chi connectivity index (χ1v) is 7.03. The number of hydrogen-bond donors (Lipinski definition) is 1. The number of aromatic nitrogens is 2. The van der Waals surface area contributed by atoms with Crippen molar-refractivity contribution in [2.45, 2.75) is 66.0 Å². The molecule has 6 nitrogen and oxygen atoms in total. The summed E-state index contributed by atoms with van der Waals surface area (Å²) in [4.78, 5) is 16.1. The lowest BCUT2D eigenvalue weighted by molar-refractivity contribution is 0.0492. The monoisotopic (exact) mass is 283 g/mol. The van der Waals surface area contributed by atoms with E-state index in [1.54, 1.807) is 0 Å². The molecule has 0 saturated carbocycles. The zero-order valence-electron chi connectivity index (χ0n) is 13.2. The van der Waals surface area contributed by atoms with Gasteiger partial charge in [-0.05, 0) is 33.1 Å². The van der Waals surface area contributed by atoms with E-state index in [-0.39, 0.29) is 6.04 Å². The first kappa shape index (κ1) is 16.5. The average molecular weight is 283 g/mol. The molecule has 0 aromatic carbocycles. The second-order valence-electron chi connectivity index (χ2n) is 6.25. The summed E-state index contributed by atoms with van der Waals surface area (Å²) in [5.74, 6) is 1.55. The largest absolute Gasteiger partial charge is 0.444 e. The highest BCUT2D eigenvalue weighted by Gasteiger charge is 2.23. The summed E-state index contributed by atoms with van der Waals surface area (Å²) >= 11 is 0. The molecule has 0 spiro atoms. The van der Waals surface area contributed by atoms with Crippen molar-refractivity contribution >= 4 is 6.09 Å². The molecule has 114 valence electrons. The Balaban J connectivity index is 2.66. The van der Waals surface area contributed by atoms with E-state index in [0.29, 0.717) is 24.1 Å². The van der Waals surface area contributed by atoms with Gasteiger partial charge in [0, 0.05) is 6.42 Å². The number of rotatable bonds is 5. The van der Waals surface area contributed by atoms with Crippen molar-refractivity contribution in [3.05, 3.63) is 11.7 Å². The van der Waals surface area contributed by atoms with Crippen LogP contribution in [0.4, 0.5) is 4.79 Å². The Morgan fingerprint density at radius 3 is 2.55 bits per heavy atom. The van der Waals surface area contributed by atoms with Gasteiger partial charge < -0.3 is 14.6 Å². The minimum Gasteiger partial charge on any atom is -0.444 e. The van der Waals surface area contributed by atoms with Gasteiger partial charge in [-0.3, -0.25) is 0 Å². The molecule has 1 atom stereocenters. The van der Waals surface area contributed by atoms with E-state index in [1.165, 1.54) is 0 Å². The lowest BCUT2D eigenvalue weighted by Crippen LogP contribution is -2.34. The molecular formula is C14H25N3O3. The van der Waals surface area contributed by atoms with E-state index in [0.717, 1.165) is 6.42 Å². The van der Waals surface area contributed by atoms with E-state index >= 15 is 0 Å². The van der Waals surface area contributed by atoms with Gasteiger partial charge in [0.1, 0.15) is 11.6 Å². The number of alkyl carbamates (subject to hydrolysis) is 1. The minimum atomic E-state index is -0.528. The third-order valence-corrected chi connectivity index (χ3v) is 2.47. The maximum absolute atomic E-state index is 11.8. The maximum Gasteiger partial charge on any atom is 0.408 e. The Morgan fingerprint density at radius 1 is 1.40 bits per heavy atom. The molecule has 0 fully saturated rings. The van der Waals surface area contributed by atoms with Gasteiger partial charge in [0.05, 0.1) is 0 Å². The molecule has 1 amide bonds. The Labute approximate surface area is 120 Å². The first-order chi connectivity index (χ1) is 9.21. The smallest absolute Gasteiger partial charge is 0.408 e. The number of carbonyl (C=O) groups is 1. The summed E-state index contributed by atoms with van der Waals surface area (Å²) in [7, 11) is 0. The molecule has 0 radical (unpaired) electrons. The highest BCUT2D eigenvalue weighted by molar-refractivity contribution is 5.68. The third-order valence-electron chi connectivity index (χ3n) is 2.47. The van der Waals surface area contributed by atoms with Crippen molar-refractivity contribution in [2.75, 3.05) is 0 Å². The highest BCUT2D eigenvalue weighted by Crippen LogP contribution is 2.17. The minimum absolute atomic E-state index is 0.321. The fourth-order valence-electron chi connectivity index (χ4n) is 1.65. The summed E-state index contributed by atoms with van der Waals surface area (Å²) in [5, 5.41) is 6.68. The molecular weight excluding hydrogens is 258 g/mol. The molecule has 0 aliphatic heterocycles. The highest BCUT2D eigenvalue weighted by atomic mass is 16.6. The Hall–Kier alpha value is -1.59. The molecule has 0 saturated heterocycles. The van der Waals surface area contributed by atoms with Crippen LogP contribution in [0.1, 0.15) is 65.7 Å². The Kier molecular flexibility index (Phi) is 5.53. The van der Waals surface area contributed by atoms with Crippen LogP contribution in [0.15, 0.2) is 4.52 Å². The van der Waals surface area contributed by atoms with Gasteiger partial charge in [0.15, 0.2) is 5.82 Å². The maximum atomic E-state index is 11.8. The van der Waals surface area contributed by atoms with E-state index in [1.807, 2.05) is 27.7 Å². The van der Waals surface area contributed by atoms with Crippen LogP contribution < -0.4 is 5.32 Å². The molecule has 1 rings (SSSR count). The summed E-state index contributed by atoms with van der Waals surface area (Å²) in [6, 6.07) is -0.321. The summed E-state index contributed by atoms with van der Waals surface area (Å²) in [5.41, 5.74) is -0.528. The van der Waals surface area contributed by atoms with E-state index < -0.39 is 11.7 Å². The van der Waals surface area contributed by atoms with Crippen LogP contribution in [0.25, 0.3) is 0 Å². The molecule has 1 N–H and O–H groups in total. The summed E-state index contributed by atoms with van der Waals surface area (Å²) in [6.45, 7) is 11.6. The first-order valence-electron chi connectivity index (χ1n) is 7.03. The summed E-state index contributed by atoms with van der Waals surface area (Å²) < 4.78 is 10.4. The van der Waals surface area contributed by atoms with Gasteiger partial charge in [-0.2, -0.15) is 4.98 Å². The standard InChI is InChI=1S/C14H25N3O3/c1-7-10(15-13(18)19-14(4,5)6)12-16-11(17-20-12)8-9(2)3/h9-10H,7-8H2,1-6H3,(H,15,18)/t10-/m0/s1. The number of amides is 1. The van der Waals surface area contributed by atoms with Crippen molar-refractivity contribution in [1.82, 2.24) is 15.5 Å². The number of ether oxygens (including phenoxy) is 1. The average Bonchev–Trinajstić information content (AvgIpc) is 2.70. The molecule has 1 aromatic heterocycles. The van der Waals surface area contributed by atoms with Gasteiger partial charge >= 0.3 is 6.09 Å². The van der Waals surface area contributed by atoms with Crippen LogP contribution in [0.2, 0.25) is 0 Å². The Morgan fingerprint density at radius 2 is 2.05 bits per heavy atom. The van der Waals surface area contributed by atoms with Crippen LogP contribution >= 0.6 is 0 Å². The van der Waals surface area contributed by atoms with Crippen LogP contribution in [-0.4, -0.2) is 21.8 Å². The van der Waals surface area contributed by atoms with Gasteiger partial charge in [-0.1, -0.05) is 25.9 Å². The number of nitrogens with zero attached hydrogens (tertiary/aromatic N) is 2. The number of carbonyl (C=O) groups excluding carboxylic acids is 1. The van der Waals surface area contributed by atoms with Crippen molar-refractivity contribution in [2.24, 2.45) is 5.92 Å². The fraction of sp³-hybridized carbons (Fsp3) is 0.786. The second-order valence-corrected chi connectivity index (χ2v) is 6.25. The number of hydrogen-bond acceptors (Lipinski definition) is 5. The van der Waals surface area contributed by atoms with E-state index in [4.69, 9.17) is 9.26 Å². The van der Waals surface area contributed by atoms with Gasteiger partial charge in [0.2, 0.25) is 5.89 Å². The Bertz CT molecular complexity index is 435. The molecule has 1 heterocycles. The molecule has 20 heavy (non-hydrogen) atoms. The molecule has 6 heteroatoms. The fourth-order valence-corrected chi connectivity index (χ4v) is 1.65. The van der Waals surface area contributed by atoms with Gasteiger partial charge in [-0.15, -0.1) is 0 Å². The van der Waals surface area contributed by atoms with Crippen LogP contribution in [0, 0.1) is 5.92 Å².